The quantitative estimate of drug-likeness (QED) is 0.827. The van der Waals surface area contributed by atoms with E-state index in [1.807, 2.05) is 12.1 Å². The number of hydrogen-bond acceptors (Lipinski definition) is 3. The summed E-state index contributed by atoms with van der Waals surface area (Å²) in [5.41, 5.74) is 0.756. The second-order valence-electron chi connectivity index (χ2n) is 5.34. The molecular formula is C16H22FN3. The molecule has 0 N–H and O–H groups in total. The lowest BCUT2D eigenvalue weighted by atomic mass is 10.1. The second kappa shape index (κ2) is 7.37. The molecule has 0 spiro atoms. The molecule has 4 heteroatoms. The average Bonchev–Trinajstić information content (AvgIpc) is 2.48. The average molecular weight is 275 g/mol. The van der Waals surface area contributed by atoms with Gasteiger partial charge in [-0.3, -0.25) is 9.80 Å². The first-order valence-corrected chi connectivity index (χ1v) is 7.34. The molecule has 0 radical (unpaired) electrons. The molecule has 3 nitrogen and oxygen atoms in total. The molecule has 0 bridgehead atoms. The van der Waals surface area contributed by atoms with Crippen LogP contribution >= 0.6 is 0 Å². The van der Waals surface area contributed by atoms with Crippen molar-refractivity contribution < 1.29 is 4.39 Å². The standard InChI is InChI=1S/C16H22FN3/c1-2-5-15(12-18)20-10-8-19(9-11-20)13-14-6-3-4-7-16(14)17/h3-4,6-7,15H,2,5,8-11,13H2,1H3. The number of nitriles is 1. The van der Waals surface area contributed by atoms with Crippen LogP contribution < -0.4 is 0 Å². The zero-order valence-corrected chi connectivity index (χ0v) is 12.1. The van der Waals surface area contributed by atoms with Crippen LogP contribution in [0.2, 0.25) is 0 Å². The molecule has 0 saturated carbocycles. The van der Waals surface area contributed by atoms with Crippen molar-refractivity contribution in [1.29, 1.82) is 5.26 Å². The van der Waals surface area contributed by atoms with Crippen LogP contribution in [0.25, 0.3) is 0 Å². The zero-order chi connectivity index (χ0) is 14.4. The summed E-state index contributed by atoms with van der Waals surface area (Å²) in [6.07, 6.45) is 1.97. The van der Waals surface area contributed by atoms with Gasteiger partial charge in [0.25, 0.3) is 0 Å². The maximum Gasteiger partial charge on any atom is 0.127 e. The molecule has 1 aliphatic heterocycles. The Labute approximate surface area is 120 Å². The van der Waals surface area contributed by atoms with Gasteiger partial charge in [-0.15, -0.1) is 0 Å². The van der Waals surface area contributed by atoms with Gasteiger partial charge in [0.05, 0.1) is 12.1 Å². The van der Waals surface area contributed by atoms with Crippen molar-refractivity contribution in [3.63, 3.8) is 0 Å². The van der Waals surface area contributed by atoms with Crippen LogP contribution in [0.1, 0.15) is 25.3 Å². The van der Waals surface area contributed by atoms with E-state index in [0.717, 1.165) is 44.6 Å². The van der Waals surface area contributed by atoms with E-state index in [4.69, 9.17) is 0 Å². The van der Waals surface area contributed by atoms with Crippen molar-refractivity contribution in [2.75, 3.05) is 26.2 Å². The van der Waals surface area contributed by atoms with Gasteiger partial charge in [0, 0.05) is 38.3 Å². The fraction of sp³-hybridized carbons (Fsp3) is 0.562. The van der Waals surface area contributed by atoms with E-state index in [-0.39, 0.29) is 11.9 Å². The lowest BCUT2D eigenvalue weighted by Crippen LogP contribution is -2.49. The van der Waals surface area contributed by atoms with Gasteiger partial charge in [-0.1, -0.05) is 31.5 Å². The molecule has 0 aliphatic carbocycles. The first kappa shape index (κ1) is 15.0. The van der Waals surface area contributed by atoms with Gasteiger partial charge < -0.3 is 0 Å². The van der Waals surface area contributed by atoms with Crippen molar-refractivity contribution in [2.45, 2.75) is 32.4 Å². The van der Waals surface area contributed by atoms with Gasteiger partial charge >= 0.3 is 0 Å². The molecule has 0 aromatic heterocycles. The molecule has 108 valence electrons. The SMILES string of the molecule is CCCC(C#N)N1CCN(Cc2ccccc2F)CC1. The Hall–Kier alpha value is -1.44. The topological polar surface area (TPSA) is 30.3 Å². The van der Waals surface area contributed by atoms with E-state index in [9.17, 15) is 9.65 Å². The van der Waals surface area contributed by atoms with E-state index in [1.54, 1.807) is 6.07 Å². The van der Waals surface area contributed by atoms with Gasteiger partial charge in [-0.2, -0.15) is 5.26 Å². The molecule has 1 saturated heterocycles. The summed E-state index contributed by atoms with van der Waals surface area (Å²) in [4.78, 5) is 4.51. The number of benzene rings is 1. The largest absolute Gasteiger partial charge is 0.296 e. The highest BCUT2D eigenvalue weighted by atomic mass is 19.1. The van der Waals surface area contributed by atoms with Crippen molar-refractivity contribution in [2.24, 2.45) is 0 Å². The van der Waals surface area contributed by atoms with E-state index in [2.05, 4.69) is 22.8 Å². The van der Waals surface area contributed by atoms with Gasteiger partial charge in [-0.25, -0.2) is 4.39 Å². The molecule has 1 unspecified atom stereocenters. The lowest BCUT2D eigenvalue weighted by molar-refractivity contribution is 0.105. The molecule has 1 aromatic rings. The fourth-order valence-corrected chi connectivity index (χ4v) is 2.70. The molecule has 20 heavy (non-hydrogen) atoms. The monoisotopic (exact) mass is 275 g/mol. The predicted octanol–water partition coefficient (Wildman–Crippen LogP) is 2.64. The minimum absolute atomic E-state index is 0.0376. The van der Waals surface area contributed by atoms with Gasteiger partial charge in [0.15, 0.2) is 0 Å². The van der Waals surface area contributed by atoms with Crippen LogP contribution in [0.4, 0.5) is 4.39 Å². The molecule has 2 rings (SSSR count). The number of piperazine rings is 1. The van der Waals surface area contributed by atoms with Crippen LogP contribution in [-0.2, 0) is 6.54 Å². The maximum absolute atomic E-state index is 13.6. The molecule has 1 heterocycles. The minimum atomic E-state index is -0.129. The van der Waals surface area contributed by atoms with Crippen molar-refractivity contribution >= 4 is 0 Å². The Morgan fingerprint density at radius 1 is 1.25 bits per heavy atom. The second-order valence-corrected chi connectivity index (χ2v) is 5.34. The molecule has 1 fully saturated rings. The molecule has 1 aliphatic rings. The van der Waals surface area contributed by atoms with Crippen LogP contribution in [-0.4, -0.2) is 42.0 Å². The van der Waals surface area contributed by atoms with Crippen LogP contribution in [0.3, 0.4) is 0 Å². The van der Waals surface area contributed by atoms with Gasteiger partial charge in [-0.05, 0) is 12.5 Å². The summed E-state index contributed by atoms with van der Waals surface area (Å²) in [6, 6.07) is 9.39. The fourth-order valence-electron chi connectivity index (χ4n) is 2.70. The summed E-state index contributed by atoms with van der Waals surface area (Å²) >= 11 is 0. The van der Waals surface area contributed by atoms with Crippen molar-refractivity contribution in [3.05, 3.63) is 35.6 Å². The highest BCUT2D eigenvalue weighted by molar-refractivity contribution is 5.17. The number of rotatable bonds is 5. The highest BCUT2D eigenvalue weighted by Gasteiger charge is 2.23. The van der Waals surface area contributed by atoms with Crippen LogP contribution in [0.5, 0.6) is 0 Å². The normalized spacial score (nSPS) is 18.6. The molecule has 1 atom stereocenters. The third-order valence-electron chi connectivity index (χ3n) is 3.91. The molecule has 0 amide bonds. The Morgan fingerprint density at radius 2 is 1.95 bits per heavy atom. The Morgan fingerprint density at radius 3 is 2.55 bits per heavy atom. The summed E-state index contributed by atoms with van der Waals surface area (Å²) in [6.45, 7) is 6.36. The van der Waals surface area contributed by atoms with Crippen LogP contribution in [0, 0.1) is 17.1 Å². The third kappa shape index (κ3) is 3.78. The van der Waals surface area contributed by atoms with Gasteiger partial charge in [0.2, 0.25) is 0 Å². The summed E-state index contributed by atoms with van der Waals surface area (Å²) < 4.78 is 13.6. The number of halogens is 1. The summed E-state index contributed by atoms with van der Waals surface area (Å²) in [5.74, 6) is -0.129. The number of hydrogen-bond donors (Lipinski definition) is 0. The third-order valence-corrected chi connectivity index (χ3v) is 3.91. The molecule has 1 aromatic carbocycles. The maximum atomic E-state index is 13.6. The Kier molecular flexibility index (Phi) is 5.51. The van der Waals surface area contributed by atoms with Gasteiger partial charge in [0.1, 0.15) is 5.82 Å². The lowest BCUT2D eigenvalue weighted by Gasteiger charge is -2.36. The van der Waals surface area contributed by atoms with E-state index < -0.39 is 0 Å². The smallest absolute Gasteiger partial charge is 0.127 e. The van der Waals surface area contributed by atoms with Crippen molar-refractivity contribution in [3.8, 4) is 6.07 Å². The minimum Gasteiger partial charge on any atom is -0.296 e. The Balaban J connectivity index is 1.86. The predicted molar refractivity (Wildman–Crippen MR) is 77.6 cm³/mol. The summed E-state index contributed by atoms with van der Waals surface area (Å²) in [7, 11) is 0. The first-order chi connectivity index (χ1) is 9.74. The molecular weight excluding hydrogens is 253 g/mol. The zero-order valence-electron chi connectivity index (χ0n) is 12.1. The van der Waals surface area contributed by atoms with Crippen molar-refractivity contribution in [1.82, 2.24) is 9.80 Å². The Bertz CT molecular complexity index is 461. The summed E-state index contributed by atoms with van der Waals surface area (Å²) in [5, 5.41) is 9.19. The van der Waals surface area contributed by atoms with Crippen LogP contribution in [0.15, 0.2) is 24.3 Å². The van der Waals surface area contributed by atoms with E-state index in [0.29, 0.717) is 6.54 Å². The van der Waals surface area contributed by atoms with E-state index in [1.165, 1.54) is 6.07 Å². The first-order valence-electron chi connectivity index (χ1n) is 7.34. The van der Waals surface area contributed by atoms with E-state index >= 15 is 0 Å². The number of nitrogens with zero attached hydrogens (tertiary/aromatic N) is 3. The highest BCUT2D eigenvalue weighted by Crippen LogP contribution is 2.14.